The van der Waals surface area contributed by atoms with E-state index in [9.17, 15) is 9.59 Å². The molecule has 7 heteroatoms. The van der Waals surface area contributed by atoms with Crippen molar-refractivity contribution in [3.63, 3.8) is 0 Å². The number of fused-ring (bicyclic) bond motifs is 1. The molecule has 0 saturated heterocycles. The van der Waals surface area contributed by atoms with E-state index in [1.807, 2.05) is 34.9 Å². The first-order chi connectivity index (χ1) is 14.1. The summed E-state index contributed by atoms with van der Waals surface area (Å²) in [6.45, 7) is 3.88. The molecule has 1 amide bonds. The molecule has 0 bridgehead atoms. The summed E-state index contributed by atoms with van der Waals surface area (Å²) in [6, 6.07) is 10.0. The van der Waals surface area contributed by atoms with Crippen molar-refractivity contribution in [3.05, 3.63) is 63.3 Å². The van der Waals surface area contributed by atoms with Gasteiger partial charge in [-0.05, 0) is 37.8 Å². The molecular formula is C22H30N4O3. The van der Waals surface area contributed by atoms with Crippen molar-refractivity contribution in [2.75, 3.05) is 13.1 Å². The van der Waals surface area contributed by atoms with Crippen LogP contribution in [-0.2, 0) is 19.4 Å². The molecule has 7 nitrogen and oxygen atoms in total. The summed E-state index contributed by atoms with van der Waals surface area (Å²) < 4.78 is 1.86. The SMILES string of the molecule is CCC(NCCCNC(=O)O)c1nc2n(c(=O)c1Cc1ccccc1)CCCC2. The number of amides is 1. The average Bonchev–Trinajstić information content (AvgIpc) is 2.73. The Bertz CT molecular complexity index is 880. The van der Waals surface area contributed by atoms with Gasteiger partial charge in [0.25, 0.3) is 5.56 Å². The zero-order valence-corrected chi connectivity index (χ0v) is 17.0. The Kier molecular flexibility index (Phi) is 7.41. The Labute approximate surface area is 171 Å². The molecular weight excluding hydrogens is 368 g/mol. The van der Waals surface area contributed by atoms with Gasteiger partial charge in [0.05, 0.1) is 5.69 Å². The van der Waals surface area contributed by atoms with Gasteiger partial charge in [0, 0.05) is 37.5 Å². The molecule has 3 N–H and O–H groups in total. The van der Waals surface area contributed by atoms with Gasteiger partial charge in [-0.25, -0.2) is 9.78 Å². The zero-order valence-electron chi connectivity index (χ0n) is 17.0. The first-order valence-electron chi connectivity index (χ1n) is 10.5. The number of aryl methyl sites for hydroxylation is 1. The van der Waals surface area contributed by atoms with E-state index in [0.717, 1.165) is 54.9 Å². The van der Waals surface area contributed by atoms with Crippen LogP contribution in [0.25, 0.3) is 0 Å². The fraction of sp³-hybridized carbons (Fsp3) is 0.500. The van der Waals surface area contributed by atoms with Crippen molar-refractivity contribution in [3.8, 4) is 0 Å². The molecule has 29 heavy (non-hydrogen) atoms. The van der Waals surface area contributed by atoms with Crippen LogP contribution in [0.4, 0.5) is 4.79 Å². The predicted octanol–water partition coefficient (Wildman–Crippen LogP) is 2.87. The maximum Gasteiger partial charge on any atom is 0.404 e. The molecule has 1 aliphatic heterocycles. The Morgan fingerprint density at radius 1 is 1.24 bits per heavy atom. The van der Waals surface area contributed by atoms with E-state index in [2.05, 4.69) is 17.6 Å². The van der Waals surface area contributed by atoms with E-state index >= 15 is 0 Å². The third-order valence-electron chi connectivity index (χ3n) is 5.39. The largest absolute Gasteiger partial charge is 0.465 e. The van der Waals surface area contributed by atoms with E-state index in [-0.39, 0.29) is 11.6 Å². The molecule has 1 aromatic carbocycles. The normalized spacial score (nSPS) is 14.2. The van der Waals surface area contributed by atoms with Crippen LogP contribution in [0.1, 0.15) is 61.3 Å². The highest BCUT2D eigenvalue weighted by atomic mass is 16.4. The molecule has 0 aliphatic carbocycles. The molecule has 2 aromatic rings. The average molecular weight is 399 g/mol. The highest BCUT2D eigenvalue weighted by Gasteiger charge is 2.23. The summed E-state index contributed by atoms with van der Waals surface area (Å²) in [5.74, 6) is 0.890. The Morgan fingerprint density at radius 3 is 2.76 bits per heavy atom. The first kappa shape index (κ1) is 21.0. The second kappa shape index (κ2) is 10.2. The van der Waals surface area contributed by atoms with Gasteiger partial charge in [0.15, 0.2) is 0 Å². The molecule has 3 rings (SSSR count). The van der Waals surface area contributed by atoms with Gasteiger partial charge in [-0.3, -0.25) is 9.36 Å². The van der Waals surface area contributed by atoms with E-state index in [1.54, 1.807) is 0 Å². The lowest BCUT2D eigenvalue weighted by atomic mass is 9.98. The minimum Gasteiger partial charge on any atom is -0.465 e. The maximum absolute atomic E-state index is 13.3. The lowest BCUT2D eigenvalue weighted by Gasteiger charge is -2.25. The van der Waals surface area contributed by atoms with Crippen LogP contribution in [0.2, 0.25) is 0 Å². The minimum atomic E-state index is -1.01. The molecule has 2 heterocycles. The topological polar surface area (TPSA) is 96.2 Å². The quantitative estimate of drug-likeness (QED) is 0.565. The van der Waals surface area contributed by atoms with Gasteiger partial charge in [-0.1, -0.05) is 37.3 Å². The smallest absolute Gasteiger partial charge is 0.404 e. The molecule has 0 radical (unpaired) electrons. The van der Waals surface area contributed by atoms with Crippen molar-refractivity contribution >= 4 is 6.09 Å². The van der Waals surface area contributed by atoms with Crippen molar-refractivity contribution < 1.29 is 9.90 Å². The number of rotatable bonds is 9. The summed E-state index contributed by atoms with van der Waals surface area (Å²) >= 11 is 0. The standard InChI is InChI=1S/C22H30N4O3/c1-2-18(23-12-8-13-24-22(28)29)20-17(15-16-9-4-3-5-10-16)21(27)26-14-7-6-11-19(26)25-20/h3-5,9-10,18,23-24H,2,6-8,11-15H2,1H3,(H,28,29). The van der Waals surface area contributed by atoms with Crippen LogP contribution in [-0.4, -0.2) is 33.8 Å². The van der Waals surface area contributed by atoms with Gasteiger partial charge in [0.2, 0.25) is 0 Å². The number of benzene rings is 1. The van der Waals surface area contributed by atoms with Gasteiger partial charge < -0.3 is 15.7 Å². The Hall–Kier alpha value is -2.67. The second-order valence-electron chi connectivity index (χ2n) is 7.47. The molecule has 1 unspecified atom stereocenters. The summed E-state index contributed by atoms with van der Waals surface area (Å²) in [5.41, 5.74) is 2.80. The molecule has 1 atom stereocenters. The second-order valence-corrected chi connectivity index (χ2v) is 7.47. The zero-order chi connectivity index (χ0) is 20.6. The molecule has 1 aliphatic rings. The number of nitrogens with zero attached hydrogens (tertiary/aromatic N) is 2. The van der Waals surface area contributed by atoms with E-state index in [0.29, 0.717) is 25.9 Å². The fourth-order valence-electron chi connectivity index (χ4n) is 3.88. The number of carboxylic acid groups (broad SMARTS) is 1. The lowest BCUT2D eigenvalue weighted by Crippen LogP contribution is -2.36. The lowest BCUT2D eigenvalue weighted by molar-refractivity contribution is 0.194. The van der Waals surface area contributed by atoms with E-state index < -0.39 is 6.09 Å². The summed E-state index contributed by atoms with van der Waals surface area (Å²) in [7, 11) is 0. The highest BCUT2D eigenvalue weighted by Crippen LogP contribution is 2.22. The number of hydrogen-bond acceptors (Lipinski definition) is 4. The number of aromatic nitrogens is 2. The number of nitrogens with one attached hydrogen (secondary N) is 2. The summed E-state index contributed by atoms with van der Waals surface area (Å²) in [6.07, 6.45) is 3.98. The Morgan fingerprint density at radius 2 is 2.03 bits per heavy atom. The summed E-state index contributed by atoms with van der Waals surface area (Å²) in [4.78, 5) is 28.9. The van der Waals surface area contributed by atoms with Gasteiger partial charge in [0.1, 0.15) is 5.82 Å². The number of carbonyl (C=O) groups is 1. The predicted molar refractivity (Wildman–Crippen MR) is 112 cm³/mol. The van der Waals surface area contributed by atoms with Crippen molar-refractivity contribution in [1.82, 2.24) is 20.2 Å². The Balaban J connectivity index is 1.87. The van der Waals surface area contributed by atoms with Crippen LogP contribution in [0.3, 0.4) is 0 Å². The highest BCUT2D eigenvalue weighted by molar-refractivity contribution is 5.64. The molecule has 0 fully saturated rings. The van der Waals surface area contributed by atoms with E-state index in [4.69, 9.17) is 10.1 Å². The van der Waals surface area contributed by atoms with Crippen molar-refractivity contribution in [2.45, 2.75) is 58.0 Å². The van der Waals surface area contributed by atoms with E-state index in [1.165, 1.54) is 0 Å². The third kappa shape index (κ3) is 5.44. The fourth-order valence-corrected chi connectivity index (χ4v) is 3.88. The number of hydrogen-bond donors (Lipinski definition) is 3. The van der Waals surface area contributed by atoms with Gasteiger partial charge in [-0.15, -0.1) is 0 Å². The van der Waals surface area contributed by atoms with Crippen molar-refractivity contribution in [1.29, 1.82) is 0 Å². The van der Waals surface area contributed by atoms with Crippen LogP contribution in [0.15, 0.2) is 35.1 Å². The van der Waals surface area contributed by atoms with Crippen LogP contribution < -0.4 is 16.2 Å². The monoisotopic (exact) mass is 398 g/mol. The van der Waals surface area contributed by atoms with Crippen LogP contribution >= 0.6 is 0 Å². The van der Waals surface area contributed by atoms with Crippen molar-refractivity contribution in [2.24, 2.45) is 0 Å². The molecule has 156 valence electrons. The minimum absolute atomic E-state index is 0.0286. The maximum atomic E-state index is 13.3. The summed E-state index contributed by atoms with van der Waals surface area (Å²) in [5, 5.41) is 14.5. The van der Waals surface area contributed by atoms with Crippen LogP contribution in [0, 0.1) is 0 Å². The molecule has 1 aromatic heterocycles. The van der Waals surface area contributed by atoms with Gasteiger partial charge in [-0.2, -0.15) is 0 Å². The molecule has 0 spiro atoms. The first-order valence-corrected chi connectivity index (χ1v) is 10.5. The third-order valence-corrected chi connectivity index (χ3v) is 5.39. The van der Waals surface area contributed by atoms with Gasteiger partial charge >= 0.3 is 6.09 Å². The molecule has 0 saturated carbocycles. The van der Waals surface area contributed by atoms with Crippen LogP contribution in [0.5, 0.6) is 0 Å².